The van der Waals surface area contributed by atoms with Gasteiger partial charge in [0, 0.05) is 5.56 Å². The highest BCUT2D eigenvalue weighted by molar-refractivity contribution is 5.95. The van der Waals surface area contributed by atoms with Crippen molar-refractivity contribution >= 4 is 12.1 Å². The molecule has 0 heterocycles. The minimum absolute atomic E-state index is 0.0792. The molecule has 0 aliphatic carbocycles. The van der Waals surface area contributed by atoms with Crippen molar-refractivity contribution in [2.75, 3.05) is 0 Å². The Morgan fingerprint density at radius 2 is 1.70 bits per heavy atom. The van der Waals surface area contributed by atoms with Gasteiger partial charge in [0.05, 0.1) is 6.21 Å². The van der Waals surface area contributed by atoms with Gasteiger partial charge in [-0.3, -0.25) is 4.79 Å². The maximum atomic E-state index is 12.1. The number of benzene rings is 2. The van der Waals surface area contributed by atoms with E-state index in [4.69, 9.17) is 0 Å². The second-order valence-electron chi connectivity index (χ2n) is 6.89. The second kappa shape index (κ2) is 6.78. The summed E-state index contributed by atoms with van der Waals surface area (Å²) < 4.78 is 0. The zero-order valence-corrected chi connectivity index (χ0v) is 14.5. The molecule has 3 heteroatoms. The molecule has 0 saturated carbocycles. The Labute approximate surface area is 138 Å². The van der Waals surface area contributed by atoms with E-state index in [1.54, 1.807) is 6.21 Å². The van der Waals surface area contributed by atoms with E-state index in [-0.39, 0.29) is 11.3 Å². The Bertz CT molecular complexity index is 722. The Balaban J connectivity index is 2.05. The zero-order chi connectivity index (χ0) is 17.0. The number of rotatable bonds is 3. The molecule has 23 heavy (non-hydrogen) atoms. The van der Waals surface area contributed by atoms with E-state index in [2.05, 4.69) is 37.4 Å². The molecule has 3 nitrogen and oxygen atoms in total. The van der Waals surface area contributed by atoms with Crippen LogP contribution in [-0.2, 0) is 5.41 Å². The molecule has 0 radical (unpaired) electrons. The summed E-state index contributed by atoms with van der Waals surface area (Å²) in [6.07, 6.45) is 1.68. The third-order valence-corrected chi connectivity index (χ3v) is 3.82. The summed E-state index contributed by atoms with van der Waals surface area (Å²) >= 11 is 0. The van der Waals surface area contributed by atoms with Crippen LogP contribution in [0.3, 0.4) is 0 Å². The van der Waals surface area contributed by atoms with Crippen molar-refractivity contribution in [2.24, 2.45) is 5.10 Å². The lowest BCUT2D eigenvalue weighted by Crippen LogP contribution is -2.18. The number of nitrogens with one attached hydrogen (secondary N) is 1. The van der Waals surface area contributed by atoms with Crippen molar-refractivity contribution in [3.8, 4) is 0 Å². The van der Waals surface area contributed by atoms with Gasteiger partial charge in [0.25, 0.3) is 5.91 Å². The van der Waals surface area contributed by atoms with Crippen LogP contribution in [0, 0.1) is 13.8 Å². The molecule has 0 spiro atoms. The van der Waals surface area contributed by atoms with Crippen LogP contribution in [-0.4, -0.2) is 12.1 Å². The largest absolute Gasteiger partial charge is 0.271 e. The molecule has 2 aromatic rings. The van der Waals surface area contributed by atoms with Gasteiger partial charge in [0.15, 0.2) is 0 Å². The van der Waals surface area contributed by atoms with Crippen LogP contribution in [0.2, 0.25) is 0 Å². The summed E-state index contributed by atoms with van der Waals surface area (Å²) in [6.45, 7) is 10.5. The summed E-state index contributed by atoms with van der Waals surface area (Å²) in [5.74, 6) is -0.202. The smallest absolute Gasteiger partial charge is 0.267 e. The fourth-order valence-electron chi connectivity index (χ4n) is 2.25. The highest BCUT2D eigenvalue weighted by Crippen LogP contribution is 2.22. The van der Waals surface area contributed by atoms with Crippen LogP contribution in [0.25, 0.3) is 0 Å². The Hall–Kier alpha value is -2.42. The van der Waals surface area contributed by atoms with Crippen molar-refractivity contribution in [2.45, 2.75) is 40.0 Å². The topological polar surface area (TPSA) is 41.5 Å². The van der Waals surface area contributed by atoms with Gasteiger partial charge in [-0.1, -0.05) is 56.7 Å². The summed E-state index contributed by atoms with van der Waals surface area (Å²) in [6, 6.07) is 13.8. The van der Waals surface area contributed by atoms with Crippen LogP contribution >= 0.6 is 0 Å². The maximum Gasteiger partial charge on any atom is 0.271 e. The molecule has 0 fully saturated rings. The highest BCUT2D eigenvalue weighted by Gasteiger charge is 2.14. The third kappa shape index (κ3) is 4.52. The number of amides is 1. The molecule has 120 valence electrons. The fourth-order valence-corrected chi connectivity index (χ4v) is 2.25. The standard InChI is InChI=1S/C20H24N2O/c1-14-6-7-15(2)17(12-14)13-21-22-19(23)16-8-10-18(11-9-16)20(3,4)5/h6-13H,1-5H3,(H,22,23)/b21-13+. The van der Waals surface area contributed by atoms with Gasteiger partial charge < -0.3 is 0 Å². The van der Waals surface area contributed by atoms with Gasteiger partial charge in [0.2, 0.25) is 0 Å². The fraction of sp³-hybridized carbons (Fsp3) is 0.300. The lowest BCUT2D eigenvalue weighted by atomic mass is 9.87. The van der Waals surface area contributed by atoms with Gasteiger partial charge in [-0.2, -0.15) is 5.10 Å². The quantitative estimate of drug-likeness (QED) is 0.664. The van der Waals surface area contributed by atoms with Gasteiger partial charge in [-0.05, 0) is 48.1 Å². The first-order chi connectivity index (χ1) is 10.8. The average molecular weight is 308 g/mol. The molecule has 0 unspecified atom stereocenters. The van der Waals surface area contributed by atoms with Crippen LogP contribution < -0.4 is 5.43 Å². The Morgan fingerprint density at radius 3 is 2.30 bits per heavy atom. The van der Waals surface area contributed by atoms with Crippen LogP contribution in [0.5, 0.6) is 0 Å². The van der Waals surface area contributed by atoms with Crippen molar-refractivity contribution in [1.29, 1.82) is 0 Å². The molecule has 0 bridgehead atoms. The summed E-state index contributed by atoms with van der Waals surface area (Å²) in [7, 11) is 0. The zero-order valence-electron chi connectivity index (χ0n) is 14.5. The molecule has 0 saturated heterocycles. The number of hydrogen-bond donors (Lipinski definition) is 1. The van der Waals surface area contributed by atoms with Crippen molar-refractivity contribution in [3.05, 3.63) is 70.3 Å². The van der Waals surface area contributed by atoms with E-state index in [1.807, 2.05) is 50.2 Å². The predicted octanol–water partition coefficient (Wildman–Crippen LogP) is 4.36. The molecule has 0 aliphatic heterocycles. The van der Waals surface area contributed by atoms with E-state index in [9.17, 15) is 4.79 Å². The third-order valence-electron chi connectivity index (χ3n) is 3.82. The van der Waals surface area contributed by atoms with Gasteiger partial charge in [-0.15, -0.1) is 0 Å². The highest BCUT2D eigenvalue weighted by atomic mass is 16.2. The monoisotopic (exact) mass is 308 g/mol. The second-order valence-corrected chi connectivity index (χ2v) is 6.89. The summed E-state index contributed by atoms with van der Waals surface area (Å²) in [5, 5.41) is 4.07. The first kappa shape index (κ1) is 16.9. The first-order valence-electron chi connectivity index (χ1n) is 7.78. The molecule has 2 rings (SSSR count). The minimum Gasteiger partial charge on any atom is -0.267 e. The average Bonchev–Trinajstić information content (AvgIpc) is 2.50. The van der Waals surface area contributed by atoms with E-state index in [0.29, 0.717) is 5.56 Å². The Morgan fingerprint density at radius 1 is 1.04 bits per heavy atom. The van der Waals surface area contributed by atoms with Gasteiger partial charge in [-0.25, -0.2) is 5.43 Å². The maximum absolute atomic E-state index is 12.1. The molecule has 0 aliphatic rings. The lowest BCUT2D eigenvalue weighted by molar-refractivity contribution is 0.0955. The normalized spacial score (nSPS) is 11.7. The number of nitrogens with zero attached hydrogens (tertiary/aromatic N) is 1. The van der Waals surface area contributed by atoms with Gasteiger partial charge >= 0.3 is 0 Å². The van der Waals surface area contributed by atoms with Crippen LogP contribution in [0.1, 0.15) is 53.4 Å². The molecule has 2 aromatic carbocycles. The summed E-state index contributed by atoms with van der Waals surface area (Å²) in [5.41, 5.74) is 7.77. The lowest BCUT2D eigenvalue weighted by Gasteiger charge is -2.18. The first-order valence-corrected chi connectivity index (χ1v) is 7.78. The van der Waals surface area contributed by atoms with E-state index in [0.717, 1.165) is 11.1 Å². The molecule has 1 amide bonds. The number of hydrogen-bond acceptors (Lipinski definition) is 2. The van der Waals surface area contributed by atoms with Crippen molar-refractivity contribution < 1.29 is 4.79 Å². The van der Waals surface area contributed by atoms with Crippen molar-refractivity contribution in [1.82, 2.24) is 5.43 Å². The van der Waals surface area contributed by atoms with E-state index in [1.165, 1.54) is 11.1 Å². The summed E-state index contributed by atoms with van der Waals surface area (Å²) in [4.78, 5) is 12.1. The number of carbonyl (C=O) groups excluding carboxylic acids is 1. The molecule has 1 N–H and O–H groups in total. The molecular weight excluding hydrogens is 284 g/mol. The van der Waals surface area contributed by atoms with Crippen LogP contribution in [0.4, 0.5) is 0 Å². The SMILES string of the molecule is Cc1ccc(C)c(/C=N/NC(=O)c2ccc(C(C)(C)C)cc2)c1. The number of carbonyl (C=O) groups is 1. The van der Waals surface area contributed by atoms with E-state index < -0.39 is 0 Å². The Kier molecular flexibility index (Phi) is 4.99. The van der Waals surface area contributed by atoms with Crippen molar-refractivity contribution in [3.63, 3.8) is 0 Å². The number of aryl methyl sites for hydroxylation is 2. The number of hydrazone groups is 1. The van der Waals surface area contributed by atoms with Gasteiger partial charge in [0.1, 0.15) is 0 Å². The predicted molar refractivity (Wildman–Crippen MR) is 96.1 cm³/mol. The molecule has 0 aromatic heterocycles. The van der Waals surface area contributed by atoms with Crippen LogP contribution in [0.15, 0.2) is 47.6 Å². The molecule has 0 atom stereocenters. The minimum atomic E-state index is -0.202. The molecular formula is C20H24N2O. The van der Waals surface area contributed by atoms with E-state index >= 15 is 0 Å².